The van der Waals surface area contributed by atoms with Crippen molar-refractivity contribution in [1.29, 1.82) is 0 Å². The summed E-state index contributed by atoms with van der Waals surface area (Å²) in [4.78, 5) is 40.3. The molecule has 4 rings (SSSR count). The van der Waals surface area contributed by atoms with E-state index >= 15 is 0 Å². The number of methoxy groups -OCH3 is 1. The van der Waals surface area contributed by atoms with Crippen molar-refractivity contribution in [3.05, 3.63) is 53.6 Å². The van der Waals surface area contributed by atoms with Crippen LogP contribution in [0.25, 0.3) is 0 Å². The number of carbonyl (C=O) groups is 3. The van der Waals surface area contributed by atoms with Crippen molar-refractivity contribution < 1.29 is 19.1 Å². The molecular weight excluding hydrogens is 382 g/mol. The number of nitrogens with zero attached hydrogens (tertiary/aromatic N) is 2. The largest absolute Gasteiger partial charge is 0.497 e. The maximum Gasteiger partial charge on any atom is 0.227 e. The van der Waals surface area contributed by atoms with Gasteiger partial charge in [-0.1, -0.05) is 12.1 Å². The summed E-state index contributed by atoms with van der Waals surface area (Å²) in [6, 6.07) is 13.2. The van der Waals surface area contributed by atoms with Crippen LogP contribution in [0.15, 0.2) is 42.5 Å². The quantitative estimate of drug-likeness (QED) is 0.825. The number of amides is 3. The average Bonchev–Trinajstić information content (AvgIpc) is 3.35. The van der Waals surface area contributed by atoms with Crippen LogP contribution in [0.1, 0.15) is 24.5 Å². The highest BCUT2D eigenvalue weighted by molar-refractivity contribution is 6.01. The summed E-state index contributed by atoms with van der Waals surface area (Å²) in [7, 11) is 1.61. The molecular formula is C23H25N3O4. The Kier molecular flexibility index (Phi) is 5.44. The molecule has 1 fully saturated rings. The van der Waals surface area contributed by atoms with Gasteiger partial charge in [-0.05, 0) is 47.9 Å². The van der Waals surface area contributed by atoms with E-state index in [4.69, 9.17) is 4.74 Å². The van der Waals surface area contributed by atoms with E-state index in [0.717, 1.165) is 34.7 Å². The van der Waals surface area contributed by atoms with Crippen molar-refractivity contribution in [3.63, 3.8) is 0 Å². The van der Waals surface area contributed by atoms with Crippen molar-refractivity contribution in [3.8, 4) is 5.75 Å². The number of hydrogen-bond acceptors (Lipinski definition) is 4. The Labute approximate surface area is 175 Å². The number of anilines is 2. The zero-order chi connectivity index (χ0) is 21.3. The van der Waals surface area contributed by atoms with Crippen LogP contribution >= 0.6 is 0 Å². The molecule has 0 spiro atoms. The first-order valence-electron chi connectivity index (χ1n) is 10.1. The Balaban J connectivity index is 1.39. The smallest absolute Gasteiger partial charge is 0.227 e. The van der Waals surface area contributed by atoms with Crippen molar-refractivity contribution >= 4 is 29.1 Å². The van der Waals surface area contributed by atoms with Gasteiger partial charge in [-0.25, -0.2) is 0 Å². The van der Waals surface area contributed by atoms with Crippen molar-refractivity contribution in [2.24, 2.45) is 5.92 Å². The van der Waals surface area contributed by atoms with Gasteiger partial charge in [0.25, 0.3) is 0 Å². The fourth-order valence-electron chi connectivity index (χ4n) is 4.09. The SMILES string of the molecule is COc1ccc(CNC(=O)C2CC(=O)N(c3ccc4c(c3)CCN4C(C)=O)C2)cc1. The molecule has 0 radical (unpaired) electrons. The summed E-state index contributed by atoms with van der Waals surface area (Å²) in [6.07, 6.45) is 0.974. The molecule has 1 N–H and O–H groups in total. The lowest BCUT2D eigenvalue weighted by molar-refractivity contribution is -0.126. The molecule has 1 atom stereocenters. The fourth-order valence-corrected chi connectivity index (χ4v) is 4.09. The van der Waals surface area contributed by atoms with E-state index in [1.807, 2.05) is 42.5 Å². The molecule has 1 unspecified atom stereocenters. The zero-order valence-corrected chi connectivity index (χ0v) is 17.2. The number of hydrogen-bond donors (Lipinski definition) is 1. The van der Waals surface area contributed by atoms with E-state index in [9.17, 15) is 14.4 Å². The number of rotatable bonds is 5. The Morgan fingerprint density at radius 3 is 2.63 bits per heavy atom. The van der Waals surface area contributed by atoms with Crippen LogP contribution in [0.4, 0.5) is 11.4 Å². The molecule has 2 aliphatic rings. The fraction of sp³-hybridized carbons (Fsp3) is 0.348. The first kappa shape index (κ1) is 19.9. The number of fused-ring (bicyclic) bond motifs is 1. The van der Waals surface area contributed by atoms with Crippen LogP contribution in [0, 0.1) is 5.92 Å². The summed E-state index contributed by atoms with van der Waals surface area (Å²) in [5.74, 6) is 0.236. The Hall–Kier alpha value is -3.35. The predicted molar refractivity (Wildman–Crippen MR) is 113 cm³/mol. The molecule has 30 heavy (non-hydrogen) atoms. The lowest BCUT2D eigenvalue weighted by Crippen LogP contribution is -2.32. The summed E-state index contributed by atoms with van der Waals surface area (Å²) >= 11 is 0. The van der Waals surface area contributed by atoms with E-state index in [2.05, 4.69) is 5.32 Å². The van der Waals surface area contributed by atoms with Gasteiger partial charge in [0.05, 0.1) is 13.0 Å². The third kappa shape index (κ3) is 3.87. The third-order valence-electron chi connectivity index (χ3n) is 5.77. The van der Waals surface area contributed by atoms with E-state index in [0.29, 0.717) is 19.6 Å². The second kappa shape index (κ2) is 8.18. The van der Waals surface area contributed by atoms with Crippen molar-refractivity contribution in [1.82, 2.24) is 5.32 Å². The monoisotopic (exact) mass is 407 g/mol. The Morgan fingerprint density at radius 1 is 1.17 bits per heavy atom. The van der Waals surface area contributed by atoms with Crippen LogP contribution in [-0.2, 0) is 27.3 Å². The molecule has 3 amide bonds. The van der Waals surface area contributed by atoms with Gasteiger partial charge in [0, 0.05) is 44.4 Å². The van der Waals surface area contributed by atoms with E-state index in [1.54, 1.807) is 23.8 Å². The molecule has 0 saturated carbocycles. The normalized spacial score (nSPS) is 17.8. The lowest BCUT2D eigenvalue weighted by atomic mass is 10.1. The van der Waals surface area contributed by atoms with Gasteiger partial charge in [-0.2, -0.15) is 0 Å². The highest BCUT2D eigenvalue weighted by atomic mass is 16.5. The van der Waals surface area contributed by atoms with Crippen LogP contribution in [0.2, 0.25) is 0 Å². The van der Waals surface area contributed by atoms with Gasteiger partial charge in [0.1, 0.15) is 5.75 Å². The van der Waals surface area contributed by atoms with Crippen LogP contribution < -0.4 is 19.9 Å². The average molecular weight is 407 g/mol. The molecule has 2 heterocycles. The molecule has 7 nitrogen and oxygen atoms in total. The molecule has 2 aromatic rings. The Morgan fingerprint density at radius 2 is 1.93 bits per heavy atom. The zero-order valence-electron chi connectivity index (χ0n) is 17.2. The lowest BCUT2D eigenvalue weighted by Gasteiger charge is -2.19. The minimum absolute atomic E-state index is 0.0207. The molecule has 156 valence electrons. The van der Waals surface area contributed by atoms with E-state index < -0.39 is 0 Å². The van der Waals surface area contributed by atoms with E-state index in [-0.39, 0.29) is 30.1 Å². The molecule has 2 aliphatic heterocycles. The highest BCUT2D eigenvalue weighted by Crippen LogP contribution is 2.34. The number of carbonyl (C=O) groups excluding carboxylic acids is 3. The Bertz CT molecular complexity index is 986. The topological polar surface area (TPSA) is 79.0 Å². The second-order valence-corrected chi connectivity index (χ2v) is 7.70. The standard InChI is InChI=1S/C23H25N3O4/c1-15(27)25-10-9-17-11-19(5-8-21(17)25)26-14-18(12-22(26)28)23(29)24-13-16-3-6-20(30-2)7-4-16/h3-8,11,18H,9-10,12-14H2,1-2H3,(H,24,29). The maximum absolute atomic E-state index is 12.6. The summed E-state index contributed by atoms with van der Waals surface area (Å²) in [6.45, 7) is 3.00. The highest BCUT2D eigenvalue weighted by Gasteiger charge is 2.35. The van der Waals surface area contributed by atoms with Crippen molar-refractivity contribution in [2.75, 3.05) is 30.0 Å². The summed E-state index contributed by atoms with van der Waals surface area (Å²) in [5, 5.41) is 2.93. The molecule has 7 heteroatoms. The molecule has 0 aliphatic carbocycles. The van der Waals surface area contributed by atoms with Gasteiger partial charge in [-0.3, -0.25) is 14.4 Å². The first-order valence-corrected chi connectivity index (χ1v) is 10.1. The van der Waals surface area contributed by atoms with Gasteiger partial charge in [0.2, 0.25) is 17.7 Å². The molecule has 2 aromatic carbocycles. The third-order valence-corrected chi connectivity index (χ3v) is 5.77. The number of ether oxygens (including phenoxy) is 1. The minimum atomic E-state index is -0.377. The maximum atomic E-state index is 12.6. The number of nitrogens with one attached hydrogen (secondary N) is 1. The predicted octanol–water partition coefficient (Wildman–Crippen LogP) is 2.27. The number of benzene rings is 2. The summed E-state index contributed by atoms with van der Waals surface area (Å²) in [5.41, 5.74) is 3.73. The minimum Gasteiger partial charge on any atom is -0.497 e. The van der Waals surface area contributed by atoms with Crippen LogP contribution in [-0.4, -0.2) is 37.9 Å². The van der Waals surface area contributed by atoms with Crippen molar-refractivity contribution in [2.45, 2.75) is 26.3 Å². The second-order valence-electron chi connectivity index (χ2n) is 7.70. The van der Waals surface area contributed by atoms with Crippen LogP contribution in [0.5, 0.6) is 5.75 Å². The van der Waals surface area contributed by atoms with Gasteiger partial charge < -0.3 is 19.9 Å². The van der Waals surface area contributed by atoms with Crippen LogP contribution in [0.3, 0.4) is 0 Å². The van der Waals surface area contributed by atoms with Gasteiger partial charge >= 0.3 is 0 Å². The van der Waals surface area contributed by atoms with Gasteiger partial charge in [0.15, 0.2) is 0 Å². The molecule has 0 bridgehead atoms. The first-order chi connectivity index (χ1) is 14.5. The van der Waals surface area contributed by atoms with E-state index in [1.165, 1.54) is 0 Å². The molecule has 1 saturated heterocycles. The van der Waals surface area contributed by atoms with Gasteiger partial charge in [-0.15, -0.1) is 0 Å². The summed E-state index contributed by atoms with van der Waals surface area (Å²) < 4.78 is 5.14. The molecule has 0 aromatic heterocycles.